The van der Waals surface area contributed by atoms with Gasteiger partial charge in [0.05, 0.1) is 23.1 Å². The summed E-state index contributed by atoms with van der Waals surface area (Å²) in [5, 5.41) is 3.96. The van der Waals surface area contributed by atoms with Crippen LogP contribution in [0.2, 0.25) is 5.02 Å². The summed E-state index contributed by atoms with van der Waals surface area (Å²) in [6, 6.07) is 4.76. The third-order valence-electron chi connectivity index (χ3n) is 3.58. The molecule has 0 aliphatic rings. The van der Waals surface area contributed by atoms with E-state index in [4.69, 9.17) is 16.3 Å². The molecule has 1 aromatic carbocycles. The minimum absolute atomic E-state index is 0.142. The molecule has 25 heavy (non-hydrogen) atoms. The van der Waals surface area contributed by atoms with Gasteiger partial charge in [0, 0.05) is 16.8 Å². The summed E-state index contributed by atoms with van der Waals surface area (Å²) in [7, 11) is -3.75. The number of benzene rings is 1. The lowest BCUT2D eigenvalue weighted by Gasteiger charge is -2.12. The number of sulfonamides is 1. The van der Waals surface area contributed by atoms with Gasteiger partial charge in [-0.2, -0.15) is 0 Å². The minimum atomic E-state index is -3.75. The number of rotatable bonds is 7. The van der Waals surface area contributed by atoms with Crippen molar-refractivity contribution >= 4 is 44.6 Å². The van der Waals surface area contributed by atoms with Crippen LogP contribution in [0.15, 0.2) is 33.9 Å². The van der Waals surface area contributed by atoms with Crippen molar-refractivity contribution in [1.82, 2.24) is 0 Å². The smallest absolute Gasteiger partial charge is 0.308 e. The van der Waals surface area contributed by atoms with Crippen LogP contribution < -0.4 is 4.72 Å². The Morgan fingerprint density at radius 1 is 1.32 bits per heavy atom. The molecule has 0 aliphatic carbocycles. The van der Waals surface area contributed by atoms with Crippen molar-refractivity contribution in [3.05, 3.63) is 45.1 Å². The number of ether oxygens (including phenoxy) is 1. The molecule has 1 heterocycles. The zero-order chi connectivity index (χ0) is 18.6. The largest absolute Gasteiger partial charge is 0.465 e. The summed E-state index contributed by atoms with van der Waals surface area (Å²) in [5.74, 6) is -0.460. The van der Waals surface area contributed by atoms with Gasteiger partial charge in [0.1, 0.15) is 0 Å². The van der Waals surface area contributed by atoms with E-state index in [-0.39, 0.29) is 23.4 Å². The third-order valence-corrected chi connectivity index (χ3v) is 6.29. The van der Waals surface area contributed by atoms with Crippen molar-refractivity contribution in [2.45, 2.75) is 32.1 Å². The van der Waals surface area contributed by atoms with Crippen LogP contribution in [0, 0.1) is 12.8 Å². The lowest BCUT2D eigenvalue weighted by atomic mass is 10.2. The second kappa shape index (κ2) is 8.21. The summed E-state index contributed by atoms with van der Waals surface area (Å²) in [6.07, 6.45) is 0.439. The molecule has 0 fully saturated rings. The van der Waals surface area contributed by atoms with E-state index in [1.165, 1.54) is 17.4 Å². The molecular formula is C17H20ClNO4S2. The van der Waals surface area contributed by atoms with Crippen LogP contribution in [-0.4, -0.2) is 21.0 Å². The van der Waals surface area contributed by atoms with E-state index in [2.05, 4.69) is 4.72 Å². The molecule has 1 N–H and O–H groups in total. The molecular weight excluding hydrogens is 382 g/mol. The van der Waals surface area contributed by atoms with E-state index >= 15 is 0 Å². The van der Waals surface area contributed by atoms with Gasteiger partial charge >= 0.3 is 5.97 Å². The highest BCUT2D eigenvalue weighted by molar-refractivity contribution is 7.92. The number of carbonyl (C=O) groups is 1. The van der Waals surface area contributed by atoms with Crippen molar-refractivity contribution in [1.29, 1.82) is 0 Å². The van der Waals surface area contributed by atoms with Crippen LogP contribution in [0.1, 0.15) is 25.0 Å². The van der Waals surface area contributed by atoms with Crippen LogP contribution in [0.5, 0.6) is 0 Å². The molecule has 0 amide bonds. The van der Waals surface area contributed by atoms with Crippen LogP contribution in [0.25, 0.3) is 0 Å². The van der Waals surface area contributed by atoms with Crippen molar-refractivity contribution in [2.75, 3.05) is 11.3 Å². The third kappa shape index (κ3) is 4.96. The molecule has 136 valence electrons. The van der Waals surface area contributed by atoms with Gasteiger partial charge in [-0.3, -0.25) is 9.52 Å². The van der Waals surface area contributed by atoms with Crippen molar-refractivity contribution in [3.63, 3.8) is 0 Å². The summed E-state index contributed by atoms with van der Waals surface area (Å²) in [4.78, 5) is 11.6. The fraction of sp³-hybridized carbons (Fsp3) is 0.353. The predicted octanol–water partition coefficient (Wildman–Crippen LogP) is 4.25. The summed E-state index contributed by atoms with van der Waals surface area (Å²) in [6.45, 7) is 5.40. The van der Waals surface area contributed by atoms with Gasteiger partial charge in [0.15, 0.2) is 0 Å². The molecule has 0 radical (unpaired) electrons. The Kier molecular flexibility index (Phi) is 6.48. The number of hydrogen-bond donors (Lipinski definition) is 1. The molecule has 2 aromatic rings. The zero-order valence-electron chi connectivity index (χ0n) is 14.2. The van der Waals surface area contributed by atoms with Gasteiger partial charge in [0.25, 0.3) is 10.0 Å². The van der Waals surface area contributed by atoms with Crippen molar-refractivity contribution < 1.29 is 17.9 Å². The number of thiophene rings is 1. The Morgan fingerprint density at radius 2 is 2.04 bits per heavy atom. The number of esters is 1. The average molecular weight is 402 g/mol. The van der Waals surface area contributed by atoms with E-state index < -0.39 is 10.0 Å². The normalized spacial score (nSPS) is 11.6. The van der Waals surface area contributed by atoms with Gasteiger partial charge in [-0.1, -0.05) is 31.5 Å². The molecule has 1 aromatic heterocycles. The molecule has 0 aliphatic heterocycles. The monoisotopic (exact) mass is 401 g/mol. The van der Waals surface area contributed by atoms with Gasteiger partial charge in [-0.25, -0.2) is 8.42 Å². The first-order chi connectivity index (χ1) is 11.7. The fourth-order valence-corrected chi connectivity index (χ4v) is 4.60. The van der Waals surface area contributed by atoms with E-state index in [1.807, 2.05) is 5.38 Å². The second-order valence-electron chi connectivity index (χ2n) is 5.85. The molecule has 0 spiro atoms. The Hall–Kier alpha value is -1.57. The first kappa shape index (κ1) is 19.8. The van der Waals surface area contributed by atoms with Crippen molar-refractivity contribution in [2.24, 2.45) is 5.92 Å². The number of anilines is 1. The van der Waals surface area contributed by atoms with E-state index in [1.54, 1.807) is 38.3 Å². The zero-order valence-corrected chi connectivity index (χ0v) is 16.6. The Bertz CT molecular complexity index is 859. The number of carbonyl (C=O) groups excluding carboxylic acids is 1. The highest BCUT2D eigenvalue weighted by Crippen LogP contribution is 2.28. The topological polar surface area (TPSA) is 72.5 Å². The first-order valence-electron chi connectivity index (χ1n) is 7.72. The van der Waals surface area contributed by atoms with Gasteiger partial charge < -0.3 is 4.74 Å². The Balaban J connectivity index is 2.12. The maximum Gasteiger partial charge on any atom is 0.308 e. The highest BCUT2D eigenvalue weighted by Gasteiger charge is 2.20. The molecule has 0 unspecified atom stereocenters. The molecule has 0 saturated carbocycles. The lowest BCUT2D eigenvalue weighted by molar-refractivity contribution is -0.147. The summed E-state index contributed by atoms with van der Waals surface area (Å²) < 4.78 is 33.0. The summed E-state index contributed by atoms with van der Waals surface area (Å²) in [5.41, 5.74) is 1.77. The molecule has 0 saturated heterocycles. The fourth-order valence-electron chi connectivity index (χ4n) is 2.11. The molecule has 8 heteroatoms. The average Bonchev–Trinajstić information content (AvgIpc) is 2.96. The van der Waals surface area contributed by atoms with Crippen LogP contribution >= 0.6 is 22.9 Å². The standard InChI is InChI=1S/C17H20ClNO4S2/c1-11(2)17(20)23-8-7-13-9-24-10-15(13)19-25(21,22)16-6-4-5-14(18)12(16)3/h4-6,9-11,19H,7-8H2,1-3H3. The second-order valence-corrected chi connectivity index (χ2v) is 8.65. The Morgan fingerprint density at radius 3 is 2.72 bits per heavy atom. The van der Waals surface area contributed by atoms with Crippen LogP contribution in [0.4, 0.5) is 5.69 Å². The van der Waals surface area contributed by atoms with Gasteiger partial charge in [0.2, 0.25) is 0 Å². The first-order valence-corrected chi connectivity index (χ1v) is 10.5. The number of nitrogens with one attached hydrogen (secondary N) is 1. The van der Waals surface area contributed by atoms with Crippen LogP contribution in [0.3, 0.4) is 0 Å². The molecule has 2 rings (SSSR count). The quantitative estimate of drug-likeness (QED) is 0.704. The van der Waals surface area contributed by atoms with Gasteiger partial charge in [-0.15, -0.1) is 11.3 Å². The van der Waals surface area contributed by atoms with E-state index in [9.17, 15) is 13.2 Å². The molecule has 0 bridgehead atoms. The predicted molar refractivity (Wildman–Crippen MR) is 101 cm³/mol. The van der Waals surface area contributed by atoms with Gasteiger partial charge in [-0.05, 0) is 35.6 Å². The maximum atomic E-state index is 12.6. The maximum absolute atomic E-state index is 12.6. The summed E-state index contributed by atoms with van der Waals surface area (Å²) >= 11 is 7.40. The Labute approximate surface area is 157 Å². The lowest BCUT2D eigenvalue weighted by Crippen LogP contribution is -2.16. The SMILES string of the molecule is Cc1c(Cl)cccc1S(=O)(=O)Nc1cscc1CCOC(=O)C(C)C. The highest BCUT2D eigenvalue weighted by atomic mass is 35.5. The molecule has 5 nitrogen and oxygen atoms in total. The minimum Gasteiger partial charge on any atom is -0.465 e. The van der Waals surface area contributed by atoms with E-state index in [0.29, 0.717) is 22.7 Å². The molecule has 0 atom stereocenters. The van der Waals surface area contributed by atoms with Crippen molar-refractivity contribution in [3.8, 4) is 0 Å². The van der Waals surface area contributed by atoms with E-state index in [0.717, 1.165) is 5.56 Å². The van der Waals surface area contributed by atoms with Crippen LogP contribution in [-0.2, 0) is 26.0 Å². The number of halogens is 1. The number of hydrogen-bond acceptors (Lipinski definition) is 5.